The van der Waals surface area contributed by atoms with Gasteiger partial charge in [0.05, 0.1) is 10.6 Å². The number of hydrogen-bond donors (Lipinski definition) is 1. The SMILES string of the molecule is Nc1ccc(C(F)(C(F)(F)F)C(F)(F)F)cc1S(=O)(=O)C(F)(F)F. The first-order chi connectivity index (χ1) is 10.4. The van der Waals surface area contributed by atoms with Gasteiger partial charge < -0.3 is 5.73 Å². The summed E-state index contributed by atoms with van der Waals surface area (Å²) in [5.41, 5.74) is -11.0. The first-order valence-electron chi connectivity index (χ1n) is 5.41. The van der Waals surface area contributed by atoms with Crippen molar-refractivity contribution in [3.63, 3.8) is 0 Å². The first kappa shape index (κ1) is 20.3. The summed E-state index contributed by atoms with van der Waals surface area (Å²) in [5, 5.41) is 0. The molecule has 0 saturated heterocycles. The minimum atomic E-state index is -6.62. The summed E-state index contributed by atoms with van der Waals surface area (Å²) in [4.78, 5) is -2.12. The van der Waals surface area contributed by atoms with Gasteiger partial charge in [-0.15, -0.1) is 0 Å². The van der Waals surface area contributed by atoms with E-state index in [1.54, 1.807) is 0 Å². The van der Waals surface area contributed by atoms with E-state index in [4.69, 9.17) is 5.73 Å². The van der Waals surface area contributed by atoms with Gasteiger partial charge in [0, 0.05) is 5.56 Å². The van der Waals surface area contributed by atoms with Crippen LogP contribution in [0.25, 0.3) is 0 Å². The Labute approximate surface area is 127 Å². The number of sulfone groups is 1. The average molecular weight is 393 g/mol. The summed E-state index contributed by atoms with van der Waals surface area (Å²) >= 11 is 0. The molecule has 1 aromatic carbocycles. The Bertz CT molecular complexity index is 717. The van der Waals surface area contributed by atoms with Crippen LogP contribution < -0.4 is 5.73 Å². The summed E-state index contributed by atoms with van der Waals surface area (Å²) in [6.45, 7) is 0. The van der Waals surface area contributed by atoms with E-state index in [-0.39, 0.29) is 12.1 Å². The van der Waals surface area contributed by atoms with Crippen molar-refractivity contribution < 1.29 is 52.3 Å². The van der Waals surface area contributed by atoms with Gasteiger partial charge in [0.1, 0.15) is 0 Å². The molecule has 0 spiro atoms. The minimum Gasteiger partial charge on any atom is -0.398 e. The predicted molar refractivity (Wildman–Crippen MR) is 59.0 cm³/mol. The molecule has 0 amide bonds. The van der Waals surface area contributed by atoms with E-state index >= 15 is 0 Å². The van der Waals surface area contributed by atoms with Crippen LogP contribution in [-0.2, 0) is 15.5 Å². The van der Waals surface area contributed by atoms with Gasteiger partial charge in [-0.2, -0.15) is 39.5 Å². The van der Waals surface area contributed by atoms with Crippen molar-refractivity contribution >= 4 is 15.5 Å². The predicted octanol–water partition coefficient (Wildman–Crippen LogP) is 3.85. The lowest BCUT2D eigenvalue weighted by atomic mass is 9.94. The van der Waals surface area contributed by atoms with Crippen LogP contribution in [0.2, 0.25) is 0 Å². The zero-order valence-electron chi connectivity index (χ0n) is 10.8. The van der Waals surface area contributed by atoms with Gasteiger partial charge in [0.15, 0.2) is 0 Å². The van der Waals surface area contributed by atoms with Crippen LogP contribution in [-0.4, -0.2) is 26.3 Å². The smallest absolute Gasteiger partial charge is 0.398 e. The van der Waals surface area contributed by atoms with Crippen molar-refractivity contribution in [3.05, 3.63) is 23.8 Å². The monoisotopic (exact) mass is 393 g/mol. The van der Waals surface area contributed by atoms with E-state index in [0.29, 0.717) is 0 Å². The summed E-state index contributed by atoms with van der Waals surface area (Å²) < 4.78 is 149. The summed E-state index contributed by atoms with van der Waals surface area (Å²) in [6, 6.07) is -0.940. The Kier molecular flexibility index (Phi) is 4.56. The van der Waals surface area contributed by atoms with Gasteiger partial charge in [-0.1, -0.05) is 6.07 Å². The van der Waals surface area contributed by atoms with Crippen molar-refractivity contribution in [1.82, 2.24) is 0 Å². The molecule has 0 aliphatic rings. The molecule has 1 rings (SSSR count). The van der Waals surface area contributed by atoms with E-state index in [1.807, 2.05) is 0 Å². The van der Waals surface area contributed by atoms with E-state index in [0.717, 1.165) is 0 Å². The lowest BCUT2D eigenvalue weighted by Crippen LogP contribution is -2.50. The largest absolute Gasteiger partial charge is 0.501 e. The molecule has 1 aromatic rings. The molecular weight excluding hydrogens is 388 g/mol. The van der Waals surface area contributed by atoms with Gasteiger partial charge in [0.2, 0.25) is 0 Å². The van der Waals surface area contributed by atoms with E-state index in [1.165, 1.54) is 0 Å². The number of nitrogen functional groups attached to an aromatic ring is 1. The molecule has 0 aliphatic carbocycles. The third kappa shape index (κ3) is 2.98. The van der Waals surface area contributed by atoms with Crippen molar-refractivity contribution in [2.75, 3.05) is 5.73 Å². The number of alkyl halides is 10. The van der Waals surface area contributed by atoms with E-state index in [9.17, 15) is 52.3 Å². The molecule has 24 heavy (non-hydrogen) atoms. The topological polar surface area (TPSA) is 60.2 Å². The molecule has 0 saturated carbocycles. The minimum absolute atomic E-state index is 0.000231. The lowest BCUT2D eigenvalue weighted by molar-refractivity contribution is -0.348. The zero-order valence-corrected chi connectivity index (χ0v) is 11.6. The molecular formula is C10H5F10NO2S. The molecule has 3 nitrogen and oxygen atoms in total. The first-order valence-corrected chi connectivity index (χ1v) is 6.89. The number of hydrogen-bond acceptors (Lipinski definition) is 3. The fourth-order valence-electron chi connectivity index (χ4n) is 1.59. The van der Waals surface area contributed by atoms with Gasteiger partial charge in [0.25, 0.3) is 9.84 Å². The Hall–Kier alpha value is -1.73. The number of rotatable bonds is 2. The quantitative estimate of drug-likeness (QED) is 0.614. The van der Waals surface area contributed by atoms with Gasteiger partial charge in [-0.05, 0) is 12.1 Å². The maximum absolute atomic E-state index is 13.8. The summed E-state index contributed by atoms with van der Waals surface area (Å²) in [5.74, 6) is 0. The normalized spacial score (nSPS) is 14.8. The van der Waals surface area contributed by atoms with E-state index < -0.39 is 55.6 Å². The Morgan fingerprint density at radius 1 is 0.792 bits per heavy atom. The molecule has 0 atom stereocenters. The van der Waals surface area contributed by atoms with Crippen LogP contribution in [0.1, 0.15) is 5.56 Å². The maximum Gasteiger partial charge on any atom is 0.501 e. The molecule has 138 valence electrons. The summed E-state index contributed by atoms with van der Waals surface area (Å²) in [6.07, 6.45) is -13.2. The van der Waals surface area contributed by atoms with Crippen LogP contribution in [0.4, 0.5) is 49.6 Å². The van der Waals surface area contributed by atoms with Crippen LogP contribution in [0, 0.1) is 0 Å². The second-order valence-electron chi connectivity index (χ2n) is 4.36. The van der Waals surface area contributed by atoms with Crippen LogP contribution in [0.15, 0.2) is 23.1 Å². The molecule has 0 unspecified atom stereocenters. The molecule has 2 N–H and O–H groups in total. The van der Waals surface area contributed by atoms with Crippen molar-refractivity contribution in [2.45, 2.75) is 28.4 Å². The Morgan fingerprint density at radius 2 is 1.21 bits per heavy atom. The number of anilines is 1. The fraction of sp³-hybridized carbons (Fsp3) is 0.400. The van der Waals surface area contributed by atoms with Crippen molar-refractivity contribution in [2.24, 2.45) is 0 Å². The fourth-order valence-corrected chi connectivity index (χ4v) is 2.50. The third-order valence-corrected chi connectivity index (χ3v) is 4.33. The molecule has 0 aliphatic heterocycles. The third-order valence-electron chi connectivity index (χ3n) is 2.79. The lowest BCUT2D eigenvalue weighted by Gasteiger charge is -2.30. The average Bonchev–Trinajstić information content (AvgIpc) is 2.34. The molecule has 0 bridgehead atoms. The van der Waals surface area contributed by atoms with Crippen LogP contribution >= 0.6 is 0 Å². The highest BCUT2D eigenvalue weighted by atomic mass is 32.2. The maximum atomic E-state index is 13.8. The second-order valence-corrected chi connectivity index (χ2v) is 6.27. The molecule has 0 radical (unpaired) electrons. The second kappa shape index (κ2) is 5.39. The molecule has 0 aromatic heterocycles. The highest BCUT2D eigenvalue weighted by Crippen LogP contribution is 2.53. The highest BCUT2D eigenvalue weighted by Gasteiger charge is 2.73. The van der Waals surface area contributed by atoms with Gasteiger partial charge >= 0.3 is 23.5 Å². The number of benzene rings is 1. The van der Waals surface area contributed by atoms with Crippen LogP contribution in [0.3, 0.4) is 0 Å². The number of halogens is 10. The van der Waals surface area contributed by atoms with Gasteiger partial charge in [-0.3, -0.25) is 0 Å². The standard InChI is InChI=1S/C10H5F10NO2S/c11-7(8(12,13)14,9(15,16)17)4-1-2-5(21)6(3-4)24(22,23)10(18,19)20/h1-3H,21H2. The highest BCUT2D eigenvalue weighted by molar-refractivity contribution is 7.92. The Morgan fingerprint density at radius 3 is 1.54 bits per heavy atom. The van der Waals surface area contributed by atoms with Gasteiger partial charge in [-0.25, -0.2) is 12.8 Å². The molecule has 14 heteroatoms. The van der Waals surface area contributed by atoms with E-state index in [2.05, 4.69) is 0 Å². The zero-order chi connectivity index (χ0) is 19.4. The molecule has 0 heterocycles. The Balaban J connectivity index is 3.80. The molecule has 0 fully saturated rings. The van der Waals surface area contributed by atoms with Crippen molar-refractivity contribution in [3.8, 4) is 0 Å². The van der Waals surface area contributed by atoms with Crippen molar-refractivity contribution in [1.29, 1.82) is 0 Å². The number of nitrogens with two attached hydrogens (primary N) is 1. The van der Waals surface area contributed by atoms with Crippen LogP contribution in [0.5, 0.6) is 0 Å². The summed E-state index contributed by atoms with van der Waals surface area (Å²) in [7, 11) is -6.41.